The van der Waals surface area contributed by atoms with Crippen molar-refractivity contribution >= 4 is 5.96 Å². The SMILES string of the molecule is CC[N+](CCO)=C(NC)NC.[I-]. The third-order valence-corrected chi connectivity index (χ3v) is 1.54. The molecule has 0 aromatic rings. The van der Waals surface area contributed by atoms with Crippen LogP contribution in [0.25, 0.3) is 0 Å². The zero-order valence-corrected chi connectivity index (χ0v) is 10.1. The third-order valence-electron chi connectivity index (χ3n) is 1.54. The van der Waals surface area contributed by atoms with Crippen molar-refractivity contribution in [3.8, 4) is 0 Å². The van der Waals surface area contributed by atoms with Gasteiger partial charge in [-0.2, -0.15) is 0 Å². The summed E-state index contributed by atoms with van der Waals surface area (Å²) in [5.41, 5.74) is 0. The molecule has 0 bridgehead atoms. The van der Waals surface area contributed by atoms with Crippen LogP contribution in [-0.4, -0.2) is 49.4 Å². The van der Waals surface area contributed by atoms with E-state index in [0.29, 0.717) is 6.54 Å². The van der Waals surface area contributed by atoms with Crippen molar-refractivity contribution in [3.05, 3.63) is 0 Å². The van der Waals surface area contributed by atoms with Gasteiger partial charge in [0.25, 0.3) is 0 Å². The third kappa shape index (κ3) is 4.76. The van der Waals surface area contributed by atoms with Crippen LogP contribution in [0.4, 0.5) is 0 Å². The van der Waals surface area contributed by atoms with Gasteiger partial charge in [-0.1, -0.05) is 0 Å². The number of rotatable bonds is 3. The van der Waals surface area contributed by atoms with Crippen LogP contribution in [0.2, 0.25) is 0 Å². The highest BCUT2D eigenvalue weighted by Crippen LogP contribution is 1.74. The van der Waals surface area contributed by atoms with Crippen LogP contribution in [0.3, 0.4) is 0 Å². The number of likely N-dealkylation sites (N-methyl/N-ethyl adjacent to an activating group) is 1. The maximum Gasteiger partial charge on any atom is 0.345 e. The monoisotopic (exact) mass is 287 g/mol. The first-order valence-corrected chi connectivity index (χ1v) is 3.88. The summed E-state index contributed by atoms with van der Waals surface area (Å²) in [6.45, 7) is 3.77. The molecule has 0 aliphatic heterocycles. The lowest BCUT2D eigenvalue weighted by atomic mass is 10.6. The molecule has 0 aromatic heterocycles. The van der Waals surface area contributed by atoms with E-state index in [1.54, 1.807) is 0 Å². The second-order valence-electron chi connectivity index (χ2n) is 2.15. The molecule has 0 rings (SSSR count). The molecule has 0 fully saturated rings. The minimum Gasteiger partial charge on any atom is -1.00 e. The molecule has 4 nitrogen and oxygen atoms in total. The van der Waals surface area contributed by atoms with Crippen LogP contribution in [-0.2, 0) is 0 Å². The lowest BCUT2D eigenvalue weighted by molar-refractivity contribution is -0.530. The van der Waals surface area contributed by atoms with E-state index in [4.69, 9.17) is 5.11 Å². The summed E-state index contributed by atoms with van der Waals surface area (Å²) < 4.78 is 2.03. The van der Waals surface area contributed by atoms with Gasteiger partial charge in [-0.3, -0.25) is 15.2 Å². The lowest BCUT2D eigenvalue weighted by Gasteiger charge is -2.07. The lowest BCUT2D eigenvalue weighted by Crippen LogP contribution is -3.00. The number of aliphatic hydroxyl groups excluding tert-OH is 1. The van der Waals surface area contributed by atoms with Gasteiger partial charge in [0.05, 0.1) is 33.8 Å². The first kappa shape index (κ1) is 14.5. The average molecular weight is 287 g/mol. The summed E-state index contributed by atoms with van der Waals surface area (Å²) in [6, 6.07) is 0. The Bertz CT molecular complexity index is 133. The Morgan fingerprint density at radius 1 is 1.33 bits per heavy atom. The van der Waals surface area contributed by atoms with Crippen molar-refractivity contribution in [1.82, 2.24) is 10.6 Å². The van der Waals surface area contributed by atoms with Crippen LogP contribution < -0.4 is 34.6 Å². The fourth-order valence-electron chi connectivity index (χ4n) is 0.990. The van der Waals surface area contributed by atoms with Gasteiger partial charge in [0.2, 0.25) is 0 Å². The molecular formula is C7H18IN3O. The highest BCUT2D eigenvalue weighted by molar-refractivity contribution is 5.73. The van der Waals surface area contributed by atoms with Gasteiger partial charge in [0.15, 0.2) is 0 Å². The molecule has 0 radical (unpaired) electrons. The standard InChI is InChI=1S/C7H17N3O.HI/c1-4-10(5-6-11)7(8-2)9-3;/h11H,4-6H2,1-3H3,(H,8,9);1H. The first-order valence-electron chi connectivity index (χ1n) is 3.88. The van der Waals surface area contributed by atoms with E-state index in [0.717, 1.165) is 12.5 Å². The maximum atomic E-state index is 8.70. The van der Waals surface area contributed by atoms with Crippen molar-refractivity contribution in [1.29, 1.82) is 0 Å². The van der Waals surface area contributed by atoms with E-state index in [1.165, 1.54) is 0 Å². The van der Waals surface area contributed by atoms with Gasteiger partial charge in [-0.25, -0.2) is 0 Å². The Morgan fingerprint density at radius 2 is 1.83 bits per heavy atom. The molecule has 0 atom stereocenters. The maximum absolute atomic E-state index is 8.70. The summed E-state index contributed by atoms with van der Waals surface area (Å²) >= 11 is 0. The molecule has 5 heteroatoms. The fourth-order valence-corrected chi connectivity index (χ4v) is 0.990. The van der Waals surface area contributed by atoms with E-state index >= 15 is 0 Å². The van der Waals surface area contributed by atoms with Crippen molar-refractivity contribution in [3.63, 3.8) is 0 Å². The second kappa shape index (κ2) is 9.05. The van der Waals surface area contributed by atoms with Crippen molar-refractivity contribution in [2.45, 2.75) is 6.92 Å². The molecule has 0 aliphatic rings. The Morgan fingerprint density at radius 3 is 2.08 bits per heavy atom. The molecule has 12 heavy (non-hydrogen) atoms. The zero-order chi connectivity index (χ0) is 8.69. The molecule has 0 spiro atoms. The van der Waals surface area contributed by atoms with Gasteiger partial charge in [0.1, 0.15) is 0 Å². The van der Waals surface area contributed by atoms with Crippen LogP contribution >= 0.6 is 0 Å². The fraction of sp³-hybridized carbons (Fsp3) is 0.857. The van der Waals surface area contributed by atoms with Crippen LogP contribution in [0.15, 0.2) is 0 Å². The molecule has 3 N–H and O–H groups in total. The minimum absolute atomic E-state index is 0. The van der Waals surface area contributed by atoms with E-state index in [1.807, 2.05) is 25.6 Å². The smallest absolute Gasteiger partial charge is 0.345 e. The van der Waals surface area contributed by atoms with Crippen LogP contribution in [0.1, 0.15) is 6.92 Å². The number of aliphatic hydroxyl groups is 1. The van der Waals surface area contributed by atoms with Crippen molar-refractivity contribution in [2.24, 2.45) is 0 Å². The second-order valence-corrected chi connectivity index (χ2v) is 2.15. The summed E-state index contributed by atoms with van der Waals surface area (Å²) in [5, 5.41) is 14.7. The van der Waals surface area contributed by atoms with Crippen molar-refractivity contribution < 1.29 is 33.7 Å². The highest BCUT2D eigenvalue weighted by Gasteiger charge is 2.04. The quantitative estimate of drug-likeness (QED) is 0.214. The van der Waals surface area contributed by atoms with E-state index in [-0.39, 0.29) is 30.6 Å². The molecular weight excluding hydrogens is 269 g/mol. The Kier molecular flexibility index (Phi) is 10.9. The molecule has 0 amide bonds. The Labute approximate surface area is 91.1 Å². The van der Waals surface area contributed by atoms with Crippen LogP contribution in [0, 0.1) is 0 Å². The number of hydrogen-bond donors (Lipinski definition) is 3. The van der Waals surface area contributed by atoms with Gasteiger partial charge < -0.3 is 29.1 Å². The molecule has 0 saturated heterocycles. The first-order chi connectivity index (χ1) is 5.29. The number of guanidine groups is 1. The van der Waals surface area contributed by atoms with Gasteiger partial charge >= 0.3 is 5.96 Å². The summed E-state index contributed by atoms with van der Waals surface area (Å²) in [7, 11) is 3.71. The largest absolute Gasteiger partial charge is 1.00 e. The Hall–Kier alpha value is -0.0400. The van der Waals surface area contributed by atoms with E-state index in [2.05, 4.69) is 10.6 Å². The topological polar surface area (TPSA) is 47.3 Å². The van der Waals surface area contributed by atoms with Crippen LogP contribution in [0.5, 0.6) is 0 Å². The predicted octanol–water partition coefficient (Wildman–Crippen LogP) is -4.19. The number of halogens is 1. The normalized spacial score (nSPS) is 8.33. The Balaban J connectivity index is 0. The summed E-state index contributed by atoms with van der Waals surface area (Å²) in [6.07, 6.45) is 0. The molecule has 0 unspecified atom stereocenters. The van der Waals surface area contributed by atoms with Gasteiger partial charge in [0, 0.05) is 0 Å². The van der Waals surface area contributed by atoms with Crippen molar-refractivity contribution in [2.75, 3.05) is 33.8 Å². The summed E-state index contributed by atoms with van der Waals surface area (Å²) in [5.74, 6) is 0.946. The molecule has 0 aromatic carbocycles. The molecule has 74 valence electrons. The van der Waals surface area contributed by atoms with Gasteiger partial charge in [-0.15, -0.1) is 0 Å². The predicted molar refractivity (Wildman–Crippen MR) is 45.9 cm³/mol. The number of nitrogens with zero attached hydrogens (tertiary/aromatic N) is 1. The number of hydrogen-bond acceptors (Lipinski definition) is 1. The summed E-state index contributed by atoms with van der Waals surface area (Å²) in [4.78, 5) is 0. The molecule has 0 aliphatic carbocycles. The zero-order valence-electron chi connectivity index (χ0n) is 7.89. The van der Waals surface area contributed by atoms with E-state index < -0.39 is 0 Å². The highest BCUT2D eigenvalue weighted by atomic mass is 127. The minimum atomic E-state index is 0. The molecule has 0 heterocycles. The van der Waals surface area contributed by atoms with E-state index in [9.17, 15) is 0 Å². The number of nitrogens with one attached hydrogen (secondary N) is 2. The molecule has 0 saturated carbocycles. The average Bonchev–Trinajstić information content (AvgIpc) is 2.05. The van der Waals surface area contributed by atoms with Gasteiger partial charge in [-0.05, 0) is 6.92 Å².